The molecule has 2 aromatic rings. The minimum atomic E-state index is 0.0224. The predicted octanol–water partition coefficient (Wildman–Crippen LogP) is 4.19. The summed E-state index contributed by atoms with van der Waals surface area (Å²) in [6.07, 6.45) is 0. The standard InChI is InChI=1S/C20H26N2O/c1-15(2)18-11-7-8-12-19(18)21-20(23)14-22(4)13-17-10-6-5-9-16(17)3/h5-12,15H,13-14H2,1-4H3,(H,21,23). The number of nitrogens with one attached hydrogen (secondary N) is 1. The summed E-state index contributed by atoms with van der Waals surface area (Å²) in [5, 5.41) is 3.04. The second-order valence-electron chi connectivity index (χ2n) is 6.39. The number of anilines is 1. The molecule has 3 heteroatoms. The van der Waals surface area contributed by atoms with Gasteiger partial charge in [-0.25, -0.2) is 0 Å². The molecule has 2 rings (SSSR count). The van der Waals surface area contributed by atoms with Gasteiger partial charge in [-0.3, -0.25) is 9.69 Å². The van der Waals surface area contributed by atoms with Crippen LogP contribution in [0, 0.1) is 6.92 Å². The highest BCUT2D eigenvalue weighted by Gasteiger charge is 2.11. The third-order valence-corrected chi connectivity index (χ3v) is 3.97. The Morgan fingerprint density at radius 2 is 1.74 bits per heavy atom. The maximum atomic E-state index is 12.3. The molecule has 0 aliphatic heterocycles. The molecule has 1 N–H and O–H groups in total. The third kappa shape index (κ3) is 4.93. The lowest BCUT2D eigenvalue weighted by molar-refractivity contribution is -0.117. The zero-order chi connectivity index (χ0) is 16.8. The smallest absolute Gasteiger partial charge is 0.238 e. The molecule has 122 valence electrons. The van der Waals surface area contributed by atoms with E-state index in [-0.39, 0.29) is 5.91 Å². The Morgan fingerprint density at radius 3 is 2.43 bits per heavy atom. The average molecular weight is 310 g/mol. The van der Waals surface area contributed by atoms with Crippen LogP contribution in [0.15, 0.2) is 48.5 Å². The number of hydrogen-bond acceptors (Lipinski definition) is 2. The molecule has 1 amide bonds. The molecule has 0 bridgehead atoms. The van der Waals surface area contributed by atoms with E-state index in [1.54, 1.807) is 0 Å². The van der Waals surface area contributed by atoms with Gasteiger partial charge < -0.3 is 5.32 Å². The van der Waals surface area contributed by atoms with Gasteiger partial charge in [0.1, 0.15) is 0 Å². The fraction of sp³-hybridized carbons (Fsp3) is 0.350. The molecule has 0 unspecified atom stereocenters. The van der Waals surface area contributed by atoms with Crippen molar-refractivity contribution in [3.63, 3.8) is 0 Å². The topological polar surface area (TPSA) is 32.3 Å². The fourth-order valence-electron chi connectivity index (χ4n) is 2.68. The molecule has 3 nitrogen and oxygen atoms in total. The molecule has 0 aliphatic carbocycles. The van der Waals surface area contributed by atoms with E-state index < -0.39 is 0 Å². The van der Waals surface area contributed by atoms with E-state index in [2.05, 4.69) is 44.3 Å². The van der Waals surface area contributed by atoms with Crippen LogP contribution in [0.2, 0.25) is 0 Å². The summed E-state index contributed by atoms with van der Waals surface area (Å²) in [5.41, 5.74) is 4.59. The molecule has 0 atom stereocenters. The number of benzene rings is 2. The first-order chi connectivity index (χ1) is 11.0. The molecular weight excluding hydrogens is 284 g/mol. The first-order valence-electron chi connectivity index (χ1n) is 8.09. The molecular formula is C20H26N2O. The van der Waals surface area contributed by atoms with Crippen LogP contribution in [0.3, 0.4) is 0 Å². The van der Waals surface area contributed by atoms with Crippen LogP contribution in [0.5, 0.6) is 0 Å². The average Bonchev–Trinajstić information content (AvgIpc) is 2.49. The van der Waals surface area contributed by atoms with E-state index in [1.807, 2.05) is 42.3 Å². The third-order valence-electron chi connectivity index (χ3n) is 3.97. The van der Waals surface area contributed by atoms with Crippen LogP contribution in [-0.2, 0) is 11.3 Å². The highest BCUT2D eigenvalue weighted by molar-refractivity contribution is 5.93. The second-order valence-corrected chi connectivity index (χ2v) is 6.39. The minimum absolute atomic E-state index is 0.0224. The van der Waals surface area contributed by atoms with E-state index in [0.29, 0.717) is 12.5 Å². The van der Waals surface area contributed by atoms with Crippen LogP contribution in [0.1, 0.15) is 36.5 Å². The van der Waals surface area contributed by atoms with E-state index >= 15 is 0 Å². The Hall–Kier alpha value is -2.13. The summed E-state index contributed by atoms with van der Waals surface area (Å²) < 4.78 is 0. The molecule has 0 spiro atoms. The molecule has 0 fully saturated rings. The van der Waals surface area contributed by atoms with Gasteiger partial charge in [-0.2, -0.15) is 0 Å². The van der Waals surface area contributed by atoms with Crippen molar-refractivity contribution in [3.8, 4) is 0 Å². The summed E-state index contributed by atoms with van der Waals surface area (Å²) in [6, 6.07) is 16.3. The van der Waals surface area contributed by atoms with Gasteiger partial charge in [-0.15, -0.1) is 0 Å². The highest BCUT2D eigenvalue weighted by Crippen LogP contribution is 2.23. The maximum absolute atomic E-state index is 12.3. The van der Waals surface area contributed by atoms with Crippen molar-refractivity contribution in [2.24, 2.45) is 0 Å². The monoisotopic (exact) mass is 310 g/mol. The maximum Gasteiger partial charge on any atom is 0.238 e. The van der Waals surface area contributed by atoms with Crippen molar-refractivity contribution >= 4 is 11.6 Å². The number of carbonyl (C=O) groups excluding carboxylic acids is 1. The van der Waals surface area contributed by atoms with Crippen LogP contribution in [-0.4, -0.2) is 24.4 Å². The Labute approximate surface area is 139 Å². The Morgan fingerprint density at radius 1 is 1.09 bits per heavy atom. The number of likely N-dealkylation sites (N-methyl/N-ethyl adjacent to an activating group) is 1. The van der Waals surface area contributed by atoms with E-state index in [9.17, 15) is 4.79 Å². The summed E-state index contributed by atoms with van der Waals surface area (Å²) in [5.74, 6) is 0.408. The molecule has 0 aliphatic rings. The Bertz CT molecular complexity index is 664. The first-order valence-corrected chi connectivity index (χ1v) is 8.09. The van der Waals surface area contributed by atoms with Gasteiger partial charge in [-0.1, -0.05) is 56.3 Å². The van der Waals surface area contributed by atoms with Gasteiger partial charge in [0.25, 0.3) is 0 Å². The molecule has 0 saturated heterocycles. The number of aryl methyl sites for hydroxylation is 1. The molecule has 0 saturated carbocycles. The van der Waals surface area contributed by atoms with Crippen molar-refractivity contribution in [1.82, 2.24) is 4.90 Å². The zero-order valence-electron chi connectivity index (χ0n) is 14.5. The number of rotatable bonds is 6. The lowest BCUT2D eigenvalue weighted by atomic mass is 10.0. The summed E-state index contributed by atoms with van der Waals surface area (Å²) in [7, 11) is 1.97. The number of para-hydroxylation sites is 1. The van der Waals surface area contributed by atoms with Crippen molar-refractivity contribution < 1.29 is 4.79 Å². The van der Waals surface area contributed by atoms with Gasteiger partial charge in [0.05, 0.1) is 6.54 Å². The summed E-state index contributed by atoms with van der Waals surface area (Å²) in [4.78, 5) is 14.4. The van der Waals surface area contributed by atoms with Gasteiger partial charge in [-0.05, 0) is 42.6 Å². The largest absolute Gasteiger partial charge is 0.325 e. The normalized spacial score (nSPS) is 11.0. The Balaban J connectivity index is 1.96. The quantitative estimate of drug-likeness (QED) is 0.867. The zero-order valence-corrected chi connectivity index (χ0v) is 14.5. The molecule has 0 radical (unpaired) electrons. The van der Waals surface area contributed by atoms with Gasteiger partial charge in [0, 0.05) is 12.2 Å². The van der Waals surface area contributed by atoms with Crippen LogP contribution < -0.4 is 5.32 Å². The van der Waals surface area contributed by atoms with E-state index in [0.717, 1.165) is 12.2 Å². The number of amides is 1. The van der Waals surface area contributed by atoms with Gasteiger partial charge >= 0.3 is 0 Å². The molecule has 2 aromatic carbocycles. The van der Waals surface area contributed by atoms with E-state index in [1.165, 1.54) is 16.7 Å². The minimum Gasteiger partial charge on any atom is -0.325 e. The van der Waals surface area contributed by atoms with Gasteiger partial charge in [0.15, 0.2) is 0 Å². The fourth-order valence-corrected chi connectivity index (χ4v) is 2.68. The van der Waals surface area contributed by atoms with Crippen molar-refractivity contribution in [2.45, 2.75) is 33.2 Å². The lowest BCUT2D eigenvalue weighted by Gasteiger charge is -2.19. The highest BCUT2D eigenvalue weighted by atomic mass is 16.2. The van der Waals surface area contributed by atoms with Gasteiger partial charge in [0.2, 0.25) is 5.91 Å². The molecule has 0 heterocycles. The van der Waals surface area contributed by atoms with Crippen LogP contribution in [0.25, 0.3) is 0 Å². The molecule has 23 heavy (non-hydrogen) atoms. The second kappa shape index (κ2) is 7.93. The Kier molecular flexibility index (Phi) is 5.94. The molecule has 0 aromatic heterocycles. The first kappa shape index (κ1) is 17.2. The van der Waals surface area contributed by atoms with Crippen LogP contribution >= 0.6 is 0 Å². The lowest BCUT2D eigenvalue weighted by Crippen LogP contribution is -2.30. The van der Waals surface area contributed by atoms with Crippen molar-refractivity contribution in [1.29, 1.82) is 0 Å². The number of hydrogen-bond donors (Lipinski definition) is 1. The van der Waals surface area contributed by atoms with Crippen LogP contribution in [0.4, 0.5) is 5.69 Å². The number of carbonyl (C=O) groups is 1. The summed E-state index contributed by atoms with van der Waals surface area (Å²) >= 11 is 0. The SMILES string of the molecule is Cc1ccccc1CN(C)CC(=O)Nc1ccccc1C(C)C. The van der Waals surface area contributed by atoms with Crippen molar-refractivity contribution in [2.75, 3.05) is 18.9 Å². The number of nitrogens with zero attached hydrogens (tertiary/aromatic N) is 1. The van der Waals surface area contributed by atoms with E-state index in [4.69, 9.17) is 0 Å². The van der Waals surface area contributed by atoms with Crippen molar-refractivity contribution in [3.05, 3.63) is 65.2 Å². The summed E-state index contributed by atoms with van der Waals surface area (Å²) in [6.45, 7) is 7.51. The predicted molar refractivity (Wildman–Crippen MR) is 96.7 cm³/mol.